The summed E-state index contributed by atoms with van der Waals surface area (Å²) in [5, 5.41) is 2.97. The first-order valence-electron chi connectivity index (χ1n) is 12.1. The van der Waals surface area contributed by atoms with Crippen LogP contribution < -0.4 is 5.32 Å². The van der Waals surface area contributed by atoms with Crippen molar-refractivity contribution >= 4 is 29.7 Å². The Hall–Kier alpha value is -3.83. The maximum atomic E-state index is 12.9. The molecule has 4 nitrogen and oxygen atoms in total. The van der Waals surface area contributed by atoms with E-state index in [0.717, 1.165) is 44.6 Å². The van der Waals surface area contributed by atoms with Gasteiger partial charge in [-0.15, -0.1) is 0 Å². The topological polar surface area (TPSA) is 55.4 Å². The van der Waals surface area contributed by atoms with Crippen molar-refractivity contribution in [1.29, 1.82) is 0 Å². The molecule has 5 heteroatoms. The number of aryl methyl sites for hydroxylation is 1. The minimum Gasteiger partial charge on any atom is -0.449 e. The van der Waals surface area contributed by atoms with Crippen LogP contribution in [0.2, 0.25) is 0 Å². The van der Waals surface area contributed by atoms with Crippen molar-refractivity contribution in [3.05, 3.63) is 131 Å². The SMILES string of the molecule is C=C/C=C(/Sc1c(C)cccc1[C@H](C)NC(=O)OCC1C(/C=C\C)=C(C=C)c2ccccc21)C(=C)C=O. The lowest BCUT2D eigenvalue weighted by molar-refractivity contribution is -0.104. The number of nitrogens with one attached hydrogen (secondary N) is 1. The van der Waals surface area contributed by atoms with Crippen molar-refractivity contribution in [2.45, 2.75) is 37.6 Å². The third kappa shape index (κ3) is 6.30. The number of hydrogen-bond acceptors (Lipinski definition) is 4. The van der Waals surface area contributed by atoms with Gasteiger partial charge in [0.05, 0.1) is 6.04 Å². The number of hydrogen-bond donors (Lipinski definition) is 1. The third-order valence-electron chi connectivity index (χ3n) is 6.23. The molecule has 1 N–H and O–H groups in total. The summed E-state index contributed by atoms with van der Waals surface area (Å²) in [5.74, 6) is -0.0625. The van der Waals surface area contributed by atoms with Gasteiger partial charge in [-0.05, 0) is 60.2 Å². The van der Waals surface area contributed by atoms with Crippen molar-refractivity contribution in [3.63, 3.8) is 0 Å². The van der Waals surface area contributed by atoms with Crippen LogP contribution in [-0.4, -0.2) is 19.0 Å². The number of benzene rings is 2. The fourth-order valence-corrected chi connectivity index (χ4v) is 5.60. The molecule has 1 aliphatic rings. The Bertz CT molecular complexity index is 1320. The highest BCUT2D eigenvalue weighted by Gasteiger charge is 2.29. The Balaban J connectivity index is 1.77. The summed E-state index contributed by atoms with van der Waals surface area (Å²) in [6.07, 6.45) is 9.54. The summed E-state index contributed by atoms with van der Waals surface area (Å²) >= 11 is 1.43. The van der Waals surface area contributed by atoms with Gasteiger partial charge in [0, 0.05) is 21.3 Å². The van der Waals surface area contributed by atoms with E-state index < -0.39 is 6.09 Å². The standard InChI is InChI=1S/C32H33NO3S/c1-7-13-26-24(9-3)27-16-10-11-17-28(27)29(26)20-36-32(35)33-23(6)25-18-12-15-21(4)31(25)37-30(14-8-2)22(5)19-34/h7-19,23,29H,2-3,5,20H2,1,4,6H3,(H,33,35)/b13-7-,30-14+/t23-,29?/m0/s1. The van der Waals surface area contributed by atoms with E-state index in [1.807, 2.05) is 63.3 Å². The van der Waals surface area contributed by atoms with Gasteiger partial charge in [-0.25, -0.2) is 4.79 Å². The van der Waals surface area contributed by atoms with E-state index in [1.54, 1.807) is 12.2 Å². The predicted octanol–water partition coefficient (Wildman–Crippen LogP) is 8.01. The van der Waals surface area contributed by atoms with Crippen LogP contribution in [-0.2, 0) is 9.53 Å². The van der Waals surface area contributed by atoms with Crippen LogP contribution in [0.1, 0.15) is 48.1 Å². The Kier molecular flexibility index (Phi) is 9.70. The molecule has 0 aliphatic heterocycles. The summed E-state index contributed by atoms with van der Waals surface area (Å²) in [5.41, 5.74) is 6.73. The van der Waals surface area contributed by atoms with Gasteiger partial charge in [0.2, 0.25) is 0 Å². The van der Waals surface area contributed by atoms with E-state index in [4.69, 9.17) is 4.74 Å². The van der Waals surface area contributed by atoms with Crippen LogP contribution in [0.3, 0.4) is 0 Å². The molecule has 0 spiro atoms. The molecular formula is C32H33NO3S. The average Bonchev–Trinajstić information content (AvgIpc) is 3.19. The fourth-order valence-electron chi connectivity index (χ4n) is 4.44. The maximum Gasteiger partial charge on any atom is 0.407 e. The van der Waals surface area contributed by atoms with Gasteiger partial charge in [-0.3, -0.25) is 4.79 Å². The van der Waals surface area contributed by atoms with Crippen molar-refractivity contribution in [3.8, 4) is 0 Å². The van der Waals surface area contributed by atoms with E-state index in [0.29, 0.717) is 10.5 Å². The molecule has 1 amide bonds. The van der Waals surface area contributed by atoms with E-state index in [1.165, 1.54) is 11.8 Å². The van der Waals surface area contributed by atoms with Gasteiger partial charge in [0.25, 0.3) is 0 Å². The minimum atomic E-state index is -0.492. The van der Waals surface area contributed by atoms with Crippen molar-refractivity contribution in [2.24, 2.45) is 0 Å². The number of rotatable bonds is 11. The predicted molar refractivity (Wildman–Crippen MR) is 155 cm³/mol. The lowest BCUT2D eigenvalue weighted by Crippen LogP contribution is -2.29. The number of allylic oxidation sites excluding steroid dienone is 7. The highest BCUT2D eigenvalue weighted by atomic mass is 32.2. The van der Waals surface area contributed by atoms with E-state index in [-0.39, 0.29) is 18.6 Å². The molecule has 0 bridgehead atoms. The fraction of sp³-hybridized carbons (Fsp3) is 0.188. The van der Waals surface area contributed by atoms with Crippen molar-refractivity contribution < 1.29 is 14.3 Å². The molecule has 2 atom stereocenters. The highest BCUT2D eigenvalue weighted by molar-refractivity contribution is 8.03. The van der Waals surface area contributed by atoms with E-state index in [9.17, 15) is 9.59 Å². The number of alkyl carbamates (subject to hydrolysis) is 1. The Morgan fingerprint density at radius 3 is 2.62 bits per heavy atom. The largest absolute Gasteiger partial charge is 0.449 e. The maximum absolute atomic E-state index is 12.9. The van der Waals surface area contributed by atoms with Gasteiger partial charge in [0.1, 0.15) is 6.61 Å². The summed E-state index contributed by atoms with van der Waals surface area (Å²) in [4.78, 5) is 25.9. The average molecular weight is 512 g/mol. The second-order valence-electron chi connectivity index (χ2n) is 8.68. The van der Waals surface area contributed by atoms with Gasteiger partial charge >= 0.3 is 6.09 Å². The molecule has 0 aromatic heterocycles. The minimum absolute atomic E-state index is 0.0625. The monoisotopic (exact) mass is 511 g/mol. The number of carbonyl (C=O) groups excluding carboxylic acids is 2. The van der Waals surface area contributed by atoms with Crippen molar-refractivity contribution in [2.75, 3.05) is 6.61 Å². The first-order valence-corrected chi connectivity index (χ1v) is 12.9. The molecule has 37 heavy (non-hydrogen) atoms. The van der Waals surface area contributed by atoms with Crippen molar-refractivity contribution in [1.82, 2.24) is 5.32 Å². The molecule has 0 saturated carbocycles. The molecule has 0 saturated heterocycles. The molecule has 1 unspecified atom stereocenters. The summed E-state index contributed by atoms with van der Waals surface area (Å²) in [6.45, 7) is 17.7. The van der Waals surface area contributed by atoms with Crippen LogP contribution in [0.15, 0.2) is 114 Å². The Labute approximate surface area is 224 Å². The van der Waals surface area contributed by atoms with Crippen LogP contribution >= 0.6 is 11.8 Å². The zero-order valence-electron chi connectivity index (χ0n) is 21.6. The lowest BCUT2D eigenvalue weighted by atomic mass is 9.96. The molecule has 0 heterocycles. The van der Waals surface area contributed by atoms with Crippen LogP contribution in [0, 0.1) is 6.92 Å². The number of ether oxygens (including phenoxy) is 1. The molecule has 3 rings (SSSR count). The number of aldehydes is 1. The number of carbonyl (C=O) groups is 2. The zero-order chi connectivity index (χ0) is 26.9. The first kappa shape index (κ1) is 27.8. The van der Waals surface area contributed by atoms with Gasteiger partial charge in [0.15, 0.2) is 6.29 Å². The number of amides is 1. The van der Waals surface area contributed by atoms with Gasteiger partial charge < -0.3 is 10.1 Å². The molecule has 1 aliphatic carbocycles. The van der Waals surface area contributed by atoms with E-state index >= 15 is 0 Å². The Morgan fingerprint density at radius 2 is 1.95 bits per heavy atom. The highest BCUT2D eigenvalue weighted by Crippen LogP contribution is 2.43. The summed E-state index contributed by atoms with van der Waals surface area (Å²) in [6, 6.07) is 13.7. The normalized spacial score (nSPS) is 15.8. The molecule has 2 aromatic rings. The third-order valence-corrected chi connectivity index (χ3v) is 7.61. The van der Waals surface area contributed by atoms with Crippen LogP contribution in [0.5, 0.6) is 0 Å². The van der Waals surface area contributed by atoms with Gasteiger partial charge in [-0.2, -0.15) is 0 Å². The zero-order valence-corrected chi connectivity index (χ0v) is 22.4. The molecular weight excluding hydrogens is 478 g/mol. The van der Waals surface area contributed by atoms with Gasteiger partial charge in [-0.1, -0.05) is 98.3 Å². The Morgan fingerprint density at radius 1 is 1.19 bits per heavy atom. The van der Waals surface area contributed by atoms with Crippen LogP contribution in [0.4, 0.5) is 4.79 Å². The molecule has 0 radical (unpaired) electrons. The first-order chi connectivity index (χ1) is 17.9. The lowest BCUT2D eigenvalue weighted by Gasteiger charge is -2.21. The van der Waals surface area contributed by atoms with Crippen LogP contribution in [0.25, 0.3) is 5.57 Å². The van der Waals surface area contributed by atoms with E-state index in [2.05, 4.69) is 43.3 Å². The molecule has 0 fully saturated rings. The second-order valence-corrected chi connectivity index (χ2v) is 9.73. The molecule has 190 valence electrons. The smallest absolute Gasteiger partial charge is 0.407 e. The quantitative estimate of drug-likeness (QED) is 0.144. The molecule has 2 aromatic carbocycles. The second kappa shape index (κ2) is 12.9. The summed E-state index contributed by atoms with van der Waals surface area (Å²) in [7, 11) is 0. The summed E-state index contributed by atoms with van der Waals surface area (Å²) < 4.78 is 5.75. The number of fused-ring (bicyclic) bond motifs is 1. The number of thioether (sulfide) groups is 1.